The van der Waals surface area contributed by atoms with Crippen molar-refractivity contribution in [1.29, 1.82) is 0 Å². The second-order valence-corrected chi connectivity index (χ2v) is 7.47. The highest BCUT2D eigenvalue weighted by Crippen LogP contribution is 2.28. The molecule has 142 valence electrons. The highest BCUT2D eigenvalue weighted by atomic mass is 15.3. The topological polar surface area (TPSA) is 57.8 Å². The Morgan fingerprint density at radius 3 is 2.56 bits per heavy atom. The van der Waals surface area contributed by atoms with E-state index in [0.717, 1.165) is 63.5 Å². The Bertz CT molecular complexity index is 765. The lowest BCUT2D eigenvalue weighted by atomic mass is 9.91. The van der Waals surface area contributed by atoms with Crippen molar-refractivity contribution in [2.24, 2.45) is 16.6 Å². The molecule has 0 spiro atoms. The number of anilines is 1. The number of piperazine rings is 1. The van der Waals surface area contributed by atoms with Gasteiger partial charge in [0.05, 0.1) is 5.69 Å². The third-order valence-corrected chi connectivity index (χ3v) is 5.80. The summed E-state index contributed by atoms with van der Waals surface area (Å²) in [4.78, 5) is 14.3. The summed E-state index contributed by atoms with van der Waals surface area (Å²) in [6.45, 7) is 6.04. The van der Waals surface area contributed by atoms with Crippen LogP contribution >= 0.6 is 0 Å². The van der Waals surface area contributed by atoms with Crippen molar-refractivity contribution in [2.45, 2.75) is 19.3 Å². The van der Waals surface area contributed by atoms with Gasteiger partial charge in [-0.05, 0) is 49.6 Å². The van der Waals surface area contributed by atoms with E-state index in [-0.39, 0.29) is 0 Å². The molecule has 0 radical (unpaired) electrons. The number of rotatable bonds is 6. The van der Waals surface area contributed by atoms with Crippen molar-refractivity contribution < 1.29 is 0 Å². The minimum Gasteiger partial charge on any atom is -0.354 e. The lowest BCUT2D eigenvalue weighted by molar-refractivity contribution is 0.247. The van der Waals surface area contributed by atoms with Gasteiger partial charge in [0, 0.05) is 50.6 Å². The molecule has 0 bridgehead atoms. The SMILES string of the molecule is NCC(CCN1CCN(c2ccccn2)CC1)C1=Nc2ccccc2CC1. The number of aryl methyl sites for hydroxylation is 1. The van der Waals surface area contributed by atoms with E-state index in [1.165, 1.54) is 11.3 Å². The molecule has 5 heteroatoms. The molecule has 1 aromatic heterocycles. The van der Waals surface area contributed by atoms with Crippen molar-refractivity contribution in [3.63, 3.8) is 0 Å². The molecule has 1 unspecified atom stereocenters. The molecule has 2 aromatic rings. The molecular formula is C22H29N5. The summed E-state index contributed by atoms with van der Waals surface area (Å²) in [6.07, 6.45) is 5.11. The van der Waals surface area contributed by atoms with Crippen LogP contribution in [0.4, 0.5) is 11.5 Å². The summed E-state index contributed by atoms with van der Waals surface area (Å²) < 4.78 is 0. The molecule has 0 saturated carbocycles. The van der Waals surface area contributed by atoms with Crippen molar-refractivity contribution in [1.82, 2.24) is 9.88 Å². The molecule has 0 aliphatic carbocycles. The van der Waals surface area contributed by atoms with Gasteiger partial charge in [-0.3, -0.25) is 9.89 Å². The van der Waals surface area contributed by atoms with Gasteiger partial charge >= 0.3 is 0 Å². The van der Waals surface area contributed by atoms with Gasteiger partial charge in [-0.2, -0.15) is 0 Å². The van der Waals surface area contributed by atoms with Crippen molar-refractivity contribution >= 4 is 17.2 Å². The van der Waals surface area contributed by atoms with E-state index >= 15 is 0 Å². The molecule has 27 heavy (non-hydrogen) atoms. The van der Waals surface area contributed by atoms with Crippen molar-refractivity contribution in [3.8, 4) is 0 Å². The number of para-hydroxylation sites is 1. The van der Waals surface area contributed by atoms with Crippen LogP contribution in [0.5, 0.6) is 0 Å². The third-order valence-electron chi connectivity index (χ3n) is 5.80. The number of aromatic nitrogens is 1. The average Bonchev–Trinajstić information content (AvgIpc) is 2.75. The van der Waals surface area contributed by atoms with Crippen LogP contribution in [0.1, 0.15) is 18.4 Å². The van der Waals surface area contributed by atoms with Crippen LogP contribution in [0.3, 0.4) is 0 Å². The smallest absolute Gasteiger partial charge is 0.128 e. The molecule has 1 saturated heterocycles. The third kappa shape index (κ3) is 4.37. The quantitative estimate of drug-likeness (QED) is 0.857. The van der Waals surface area contributed by atoms with E-state index < -0.39 is 0 Å². The number of hydrogen-bond acceptors (Lipinski definition) is 5. The second-order valence-electron chi connectivity index (χ2n) is 7.47. The molecule has 2 aliphatic rings. The van der Waals surface area contributed by atoms with Crippen LogP contribution in [0.15, 0.2) is 53.7 Å². The molecule has 1 aromatic carbocycles. The predicted octanol–water partition coefficient (Wildman–Crippen LogP) is 2.89. The minimum absolute atomic E-state index is 0.396. The van der Waals surface area contributed by atoms with Gasteiger partial charge in [0.25, 0.3) is 0 Å². The van der Waals surface area contributed by atoms with Crippen LogP contribution in [0.2, 0.25) is 0 Å². The summed E-state index contributed by atoms with van der Waals surface area (Å²) in [6, 6.07) is 14.6. The molecular weight excluding hydrogens is 334 g/mol. The zero-order chi connectivity index (χ0) is 18.5. The van der Waals surface area contributed by atoms with Gasteiger partial charge in [-0.1, -0.05) is 24.3 Å². The minimum atomic E-state index is 0.396. The molecule has 1 fully saturated rings. The number of nitrogens with zero attached hydrogens (tertiary/aromatic N) is 4. The molecule has 5 nitrogen and oxygen atoms in total. The van der Waals surface area contributed by atoms with Gasteiger partial charge in [0.1, 0.15) is 5.82 Å². The first-order chi connectivity index (χ1) is 13.3. The molecule has 1 atom stereocenters. The Labute approximate surface area is 161 Å². The first-order valence-corrected chi connectivity index (χ1v) is 10.1. The van der Waals surface area contributed by atoms with Gasteiger partial charge in [0.2, 0.25) is 0 Å². The highest BCUT2D eigenvalue weighted by Gasteiger charge is 2.22. The normalized spacial score (nSPS) is 18.7. The van der Waals surface area contributed by atoms with E-state index in [1.807, 2.05) is 12.3 Å². The summed E-state index contributed by atoms with van der Waals surface area (Å²) in [5.74, 6) is 1.49. The maximum Gasteiger partial charge on any atom is 0.128 e. The Hall–Kier alpha value is -2.24. The zero-order valence-corrected chi connectivity index (χ0v) is 15.9. The van der Waals surface area contributed by atoms with E-state index in [0.29, 0.717) is 12.5 Å². The van der Waals surface area contributed by atoms with Gasteiger partial charge in [-0.15, -0.1) is 0 Å². The molecule has 4 rings (SSSR count). The largest absolute Gasteiger partial charge is 0.354 e. The van der Waals surface area contributed by atoms with Crippen molar-refractivity contribution in [3.05, 3.63) is 54.2 Å². The maximum atomic E-state index is 6.12. The maximum absolute atomic E-state index is 6.12. The first kappa shape index (κ1) is 18.1. The second kappa shape index (κ2) is 8.63. The number of hydrogen-bond donors (Lipinski definition) is 1. The van der Waals surface area contributed by atoms with Gasteiger partial charge in [0.15, 0.2) is 0 Å². The van der Waals surface area contributed by atoms with Gasteiger partial charge in [-0.25, -0.2) is 4.98 Å². The lowest BCUT2D eigenvalue weighted by Crippen LogP contribution is -2.47. The van der Waals surface area contributed by atoms with Crippen LogP contribution in [-0.4, -0.2) is 54.9 Å². The van der Waals surface area contributed by atoms with E-state index in [2.05, 4.69) is 51.2 Å². The molecule has 0 amide bonds. The number of nitrogens with two attached hydrogens (primary N) is 1. The summed E-state index contributed by atoms with van der Waals surface area (Å²) in [5.41, 5.74) is 9.92. The van der Waals surface area contributed by atoms with E-state index in [4.69, 9.17) is 10.7 Å². The van der Waals surface area contributed by atoms with Crippen LogP contribution in [0.25, 0.3) is 0 Å². The van der Waals surface area contributed by atoms with E-state index in [1.54, 1.807) is 0 Å². The molecule has 2 N–H and O–H groups in total. The monoisotopic (exact) mass is 363 g/mol. The fourth-order valence-corrected chi connectivity index (χ4v) is 4.10. The van der Waals surface area contributed by atoms with Crippen LogP contribution in [0, 0.1) is 5.92 Å². The standard InChI is InChI=1S/C22H29N5/c23-17-19(21-9-8-18-5-1-2-6-20(18)25-21)10-12-26-13-15-27(16-14-26)22-7-3-4-11-24-22/h1-7,11,19H,8-10,12-17,23H2. The van der Waals surface area contributed by atoms with E-state index in [9.17, 15) is 0 Å². The lowest BCUT2D eigenvalue weighted by Gasteiger charge is -2.36. The Balaban J connectivity index is 1.30. The number of pyridine rings is 1. The zero-order valence-electron chi connectivity index (χ0n) is 15.9. The summed E-state index contributed by atoms with van der Waals surface area (Å²) in [5, 5.41) is 0. The Morgan fingerprint density at radius 2 is 1.78 bits per heavy atom. The summed E-state index contributed by atoms with van der Waals surface area (Å²) >= 11 is 0. The molecule has 3 heterocycles. The van der Waals surface area contributed by atoms with Crippen LogP contribution in [-0.2, 0) is 6.42 Å². The highest BCUT2D eigenvalue weighted by molar-refractivity contribution is 5.91. The van der Waals surface area contributed by atoms with Crippen LogP contribution < -0.4 is 10.6 Å². The number of fused-ring (bicyclic) bond motifs is 1. The first-order valence-electron chi connectivity index (χ1n) is 10.1. The van der Waals surface area contributed by atoms with Gasteiger partial charge < -0.3 is 10.6 Å². The number of aliphatic imine (C=N–C) groups is 1. The molecule has 2 aliphatic heterocycles. The predicted molar refractivity (Wildman–Crippen MR) is 112 cm³/mol. The Kier molecular flexibility index (Phi) is 5.80. The fraction of sp³-hybridized carbons (Fsp3) is 0.455. The summed E-state index contributed by atoms with van der Waals surface area (Å²) in [7, 11) is 0. The number of benzene rings is 1. The Morgan fingerprint density at radius 1 is 0.963 bits per heavy atom. The average molecular weight is 364 g/mol. The van der Waals surface area contributed by atoms with Crippen molar-refractivity contribution in [2.75, 3.05) is 44.2 Å². The fourth-order valence-electron chi connectivity index (χ4n) is 4.10.